The van der Waals surface area contributed by atoms with Gasteiger partial charge in [-0.25, -0.2) is 0 Å². The van der Waals surface area contributed by atoms with Gasteiger partial charge in [0.25, 0.3) is 11.6 Å². The van der Waals surface area contributed by atoms with Crippen molar-refractivity contribution in [1.82, 2.24) is 4.90 Å². The fourth-order valence-corrected chi connectivity index (χ4v) is 2.20. The molecule has 0 saturated carbocycles. The molecule has 2 rings (SSSR count). The highest BCUT2D eigenvalue weighted by Gasteiger charge is 2.28. The first-order valence-electron chi connectivity index (χ1n) is 7.03. The summed E-state index contributed by atoms with van der Waals surface area (Å²) in [7, 11) is 0. The highest BCUT2D eigenvalue weighted by molar-refractivity contribution is 5.99. The molecule has 0 bridgehead atoms. The molecular weight excluding hydrogens is 308 g/mol. The number of ether oxygens (including phenoxy) is 2. The number of amides is 1. The summed E-state index contributed by atoms with van der Waals surface area (Å²) < 4.78 is 10.6. The number of benzene rings is 1. The molecule has 1 aliphatic heterocycles. The monoisotopic (exact) mass is 324 g/mol. The maximum Gasteiger partial charge on any atom is 0.305 e. The molecule has 0 unspecified atom stereocenters. The first-order valence-corrected chi connectivity index (χ1v) is 7.03. The quantitative estimate of drug-likeness (QED) is 0.618. The highest BCUT2D eigenvalue weighted by atomic mass is 16.6. The lowest BCUT2D eigenvalue weighted by Crippen LogP contribution is -2.33. The molecule has 0 fully saturated rings. The Labute approximate surface area is 131 Å². The van der Waals surface area contributed by atoms with E-state index in [0.717, 1.165) is 6.07 Å². The summed E-state index contributed by atoms with van der Waals surface area (Å²) in [5, 5.41) is 20.0. The normalized spacial score (nSPS) is 12.6. The number of rotatable bonds is 6. The maximum atomic E-state index is 12.5. The number of nitrogens with zero attached hydrogens (tertiary/aromatic N) is 2. The average molecular weight is 324 g/mol. The summed E-state index contributed by atoms with van der Waals surface area (Å²) in [5.74, 6) is -1.18. The second-order valence-corrected chi connectivity index (χ2v) is 4.80. The minimum atomic E-state index is -1.05. The molecule has 1 heterocycles. The van der Waals surface area contributed by atoms with E-state index in [9.17, 15) is 19.7 Å². The van der Waals surface area contributed by atoms with E-state index in [0.29, 0.717) is 0 Å². The predicted molar refractivity (Wildman–Crippen MR) is 77.9 cm³/mol. The van der Waals surface area contributed by atoms with Gasteiger partial charge in [0.15, 0.2) is 11.5 Å². The molecule has 1 amide bonds. The second-order valence-electron chi connectivity index (χ2n) is 4.80. The number of carboxylic acid groups (broad SMARTS) is 1. The van der Waals surface area contributed by atoms with Crippen molar-refractivity contribution in [3.8, 4) is 11.5 Å². The standard InChI is InChI=1S/C14H16N2O7/c1-2-15(4-3-13(17)18)14(19)9-7-11-12(23-6-5-22-11)8-10(9)16(20)21/h7-8H,2-6H2,1H3,(H,17,18). The van der Waals surface area contributed by atoms with Gasteiger partial charge in [0.1, 0.15) is 18.8 Å². The van der Waals surface area contributed by atoms with E-state index in [4.69, 9.17) is 14.6 Å². The molecule has 0 atom stereocenters. The molecule has 0 aromatic heterocycles. The third-order valence-electron chi connectivity index (χ3n) is 3.35. The molecule has 1 aromatic rings. The fraction of sp³-hybridized carbons (Fsp3) is 0.429. The van der Waals surface area contributed by atoms with E-state index >= 15 is 0 Å². The third-order valence-corrected chi connectivity index (χ3v) is 3.35. The number of fused-ring (bicyclic) bond motifs is 1. The van der Waals surface area contributed by atoms with Crippen LogP contribution >= 0.6 is 0 Å². The van der Waals surface area contributed by atoms with Crippen LogP contribution in [-0.4, -0.2) is 53.1 Å². The van der Waals surface area contributed by atoms with Crippen molar-refractivity contribution in [2.24, 2.45) is 0 Å². The highest BCUT2D eigenvalue weighted by Crippen LogP contribution is 2.37. The van der Waals surface area contributed by atoms with Crippen LogP contribution in [0.5, 0.6) is 11.5 Å². The number of nitro groups is 1. The SMILES string of the molecule is CCN(CCC(=O)O)C(=O)c1cc2c(cc1[N+](=O)[O-])OCCO2. The van der Waals surface area contributed by atoms with E-state index < -0.39 is 22.5 Å². The lowest BCUT2D eigenvalue weighted by atomic mass is 10.1. The van der Waals surface area contributed by atoms with E-state index in [1.165, 1.54) is 11.0 Å². The fourth-order valence-electron chi connectivity index (χ4n) is 2.20. The van der Waals surface area contributed by atoms with Crippen molar-refractivity contribution in [2.75, 3.05) is 26.3 Å². The minimum Gasteiger partial charge on any atom is -0.486 e. The zero-order valence-corrected chi connectivity index (χ0v) is 12.5. The summed E-state index contributed by atoms with van der Waals surface area (Å²) in [6.07, 6.45) is -0.238. The van der Waals surface area contributed by atoms with E-state index in [1.807, 2.05) is 0 Å². The van der Waals surface area contributed by atoms with Gasteiger partial charge in [-0.3, -0.25) is 19.7 Å². The van der Waals surface area contributed by atoms with Crippen LogP contribution in [0.4, 0.5) is 5.69 Å². The van der Waals surface area contributed by atoms with Crippen LogP contribution in [-0.2, 0) is 4.79 Å². The summed E-state index contributed by atoms with van der Waals surface area (Å²) in [4.78, 5) is 35.0. The molecule has 0 saturated heterocycles. The maximum absolute atomic E-state index is 12.5. The van der Waals surface area contributed by atoms with Crippen molar-refractivity contribution >= 4 is 17.6 Å². The van der Waals surface area contributed by atoms with Crippen molar-refractivity contribution in [2.45, 2.75) is 13.3 Å². The number of hydrogen-bond donors (Lipinski definition) is 1. The Morgan fingerprint density at radius 1 is 1.30 bits per heavy atom. The molecule has 9 nitrogen and oxygen atoms in total. The van der Waals surface area contributed by atoms with Gasteiger partial charge in [0.05, 0.1) is 17.4 Å². The Hall–Kier alpha value is -2.84. The van der Waals surface area contributed by atoms with Gasteiger partial charge in [-0.1, -0.05) is 0 Å². The van der Waals surface area contributed by atoms with Crippen LogP contribution in [0.3, 0.4) is 0 Å². The van der Waals surface area contributed by atoms with Crippen molar-refractivity contribution in [3.63, 3.8) is 0 Å². The lowest BCUT2D eigenvalue weighted by molar-refractivity contribution is -0.385. The lowest BCUT2D eigenvalue weighted by Gasteiger charge is -2.22. The summed E-state index contributed by atoms with van der Waals surface area (Å²) in [5.41, 5.74) is -0.542. The molecule has 9 heteroatoms. The minimum absolute atomic E-state index is 0.0315. The van der Waals surface area contributed by atoms with E-state index in [-0.39, 0.29) is 49.8 Å². The third kappa shape index (κ3) is 3.68. The van der Waals surface area contributed by atoms with E-state index in [1.54, 1.807) is 6.92 Å². The van der Waals surface area contributed by atoms with Crippen molar-refractivity contribution in [1.29, 1.82) is 0 Å². The number of hydrogen-bond acceptors (Lipinski definition) is 6. The Morgan fingerprint density at radius 2 is 1.91 bits per heavy atom. The molecule has 1 aliphatic rings. The van der Waals surface area contributed by atoms with Gasteiger partial charge < -0.3 is 19.5 Å². The topological polar surface area (TPSA) is 119 Å². The zero-order chi connectivity index (χ0) is 17.0. The van der Waals surface area contributed by atoms with Crippen molar-refractivity contribution in [3.05, 3.63) is 27.8 Å². The summed E-state index contributed by atoms with van der Waals surface area (Å²) in [6.45, 7) is 2.43. The Bertz CT molecular complexity index is 644. The van der Waals surface area contributed by atoms with Gasteiger partial charge in [-0.15, -0.1) is 0 Å². The number of carboxylic acids is 1. The van der Waals surface area contributed by atoms with Crippen LogP contribution in [0.25, 0.3) is 0 Å². The Kier molecular flexibility index (Phi) is 4.99. The number of aliphatic carboxylic acids is 1. The van der Waals surface area contributed by atoms with Crippen LogP contribution in [0.1, 0.15) is 23.7 Å². The Balaban J connectivity index is 2.37. The average Bonchev–Trinajstić information content (AvgIpc) is 2.53. The largest absolute Gasteiger partial charge is 0.486 e. The summed E-state index contributed by atoms with van der Waals surface area (Å²) in [6, 6.07) is 2.44. The van der Waals surface area contributed by atoms with Gasteiger partial charge in [-0.2, -0.15) is 0 Å². The molecule has 124 valence electrons. The molecule has 23 heavy (non-hydrogen) atoms. The first-order chi connectivity index (χ1) is 10.9. The van der Waals surface area contributed by atoms with Crippen molar-refractivity contribution < 1.29 is 29.1 Å². The summed E-state index contributed by atoms with van der Waals surface area (Å²) >= 11 is 0. The number of nitro benzene ring substituents is 1. The van der Waals surface area contributed by atoms with Crippen LogP contribution in [0.2, 0.25) is 0 Å². The van der Waals surface area contributed by atoms with Crippen LogP contribution < -0.4 is 9.47 Å². The van der Waals surface area contributed by atoms with Gasteiger partial charge in [-0.05, 0) is 6.92 Å². The molecule has 0 spiro atoms. The number of carbonyl (C=O) groups excluding carboxylic acids is 1. The van der Waals surface area contributed by atoms with Crippen LogP contribution in [0, 0.1) is 10.1 Å². The Morgan fingerprint density at radius 3 is 2.43 bits per heavy atom. The van der Waals surface area contributed by atoms with Crippen LogP contribution in [0.15, 0.2) is 12.1 Å². The first kappa shape index (κ1) is 16.5. The molecule has 1 aromatic carbocycles. The molecule has 0 aliphatic carbocycles. The molecular formula is C14H16N2O7. The molecule has 0 radical (unpaired) electrons. The molecule has 1 N–H and O–H groups in total. The number of carbonyl (C=O) groups is 2. The predicted octanol–water partition coefficient (Wildman–Crippen LogP) is 1.30. The van der Waals surface area contributed by atoms with Gasteiger partial charge in [0.2, 0.25) is 0 Å². The zero-order valence-electron chi connectivity index (χ0n) is 12.5. The van der Waals surface area contributed by atoms with Gasteiger partial charge in [0, 0.05) is 19.2 Å². The van der Waals surface area contributed by atoms with Gasteiger partial charge >= 0.3 is 5.97 Å². The smallest absolute Gasteiger partial charge is 0.305 e. The second kappa shape index (κ2) is 6.95. The van der Waals surface area contributed by atoms with E-state index in [2.05, 4.69) is 0 Å².